The maximum absolute atomic E-state index is 12.6. The van der Waals surface area contributed by atoms with E-state index in [9.17, 15) is 9.59 Å². The zero-order valence-corrected chi connectivity index (χ0v) is 19.2. The number of carbonyl (C=O) groups is 2. The summed E-state index contributed by atoms with van der Waals surface area (Å²) in [5.74, 6) is 0.317. The Labute approximate surface area is 186 Å². The lowest BCUT2D eigenvalue weighted by Gasteiger charge is -2.34. The van der Waals surface area contributed by atoms with Gasteiger partial charge in [-0.2, -0.15) is 0 Å². The number of methoxy groups -OCH3 is 1. The zero-order valence-electron chi connectivity index (χ0n) is 18.4. The van der Waals surface area contributed by atoms with E-state index in [1.807, 2.05) is 29.6 Å². The molecule has 1 saturated heterocycles. The quantitative estimate of drug-likeness (QED) is 0.648. The molecule has 0 unspecified atom stereocenters. The first-order chi connectivity index (χ1) is 14.8. The molecule has 2 aromatic rings. The van der Waals surface area contributed by atoms with Gasteiger partial charge in [-0.3, -0.25) is 14.5 Å². The number of amides is 2. The second kappa shape index (κ2) is 10.7. The molecule has 9 heteroatoms. The average Bonchev–Trinajstić information content (AvgIpc) is 3.13. The van der Waals surface area contributed by atoms with Crippen molar-refractivity contribution in [3.8, 4) is 5.75 Å². The van der Waals surface area contributed by atoms with Crippen molar-refractivity contribution in [2.45, 2.75) is 52.0 Å². The number of carbonyl (C=O) groups excluding carboxylic acids is 2. The molecule has 0 spiro atoms. The predicted molar refractivity (Wildman–Crippen MR) is 120 cm³/mol. The highest BCUT2D eigenvalue weighted by atomic mass is 32.1. The minimum Gasteiger partial charge on any atom is -0.497 e. The third-order valence-electron chi connectivity index (χ3n) is 4.96. The van der Waals surface area contributed by atoms with E-state index in [1.54, 1.807) is 7.11 Å². The topological polar surface area (TPSA) is 92.8 Å². The van der Waals surface area contributed by atoms with Gasteiger partial charge in [-0.05, 0) is 31.5 Å². The van der Waals surface area contributed by atoms with Gasteiger partial charge in [0.05, 0.1) is 37.5 Å². The molecular weight excluding hydrogens is 416 g/mol. The Balaban J connectivity index is 1.58. The largest absolute Gasteiger partial charge is 0.497 e. The number of nitrogens with one attached hydrogen (secondary N) is 2. The highest BCUT2D eigenvalue weighted by Crippen LogP contribution is 2.23. The van der Waals surface area contributed by atoms with Gasteiger partial charge in [0.2, 0.25) is 11.8 Å². The van der Waals surface area contributed by atoms with Crippen LogP contribution >= 0.6 is 11.3 Å². The Morgan fingerprint density at radius 1 is 1.26 bits per heavy atom. The van der Waals surface area contributed by atoms with Crippen molar-refractivity contribution in [3.63, 3.8) is 0 Å². The fourth-order valence-corrected chi connectivity index (χ4v) is 4.49. The van der Waals surface area contributed by atoms with E-state index in [4.69, 9.17) is 9.47 Å². The summed E-state index contributed by atoms with van der Waals surface area (Å²) in [6.07, 6.45) is 0.509. The second-order valence-electron chi connectivity index (χ2n) is 7.87. The molecule has 8 nitrogen and oxygen atoms in total. The molecule has 0 saturated carbocycles. The Morgan fingerprint density at radius 3 is 2.55 bits per heavy atom. The number of aromatic nitrogens is 1. The molecule has 0 bridgehead atoms. The standard InChI is InChI=1S/C22H30N4O4S/c1-14-10-26(11-15(2)30-14)12-18-13-31-22(24-18)25-21(28)9-20(23-16(3)27)17-5-7-19(29-4)8-6-17/h5-8,13-15,20H,9-12H2,1-4H3,(H,23,27)(H,24,25,28)/t14-,15-,20+/m1/s1. The first-order valence-electron chi connectivity index (χ1n) is 10.4. The summed E-state index contributed by atoms with van der Waals surface area (Å²) in [5, 5.41) is 8.23. The van der Waals surface area contributed by atoms with Gasteiger partial charge in [-0.15, -0.1) is 11.3 Å². The Hall–Kier alpha value is -2.49. The minimum atomic E-state index is -0.431. The van der Waals surface area contributed by atoms with Gasteiger partial charge in [-0.25, -0.2) is 4.98 Å². The maximum atomic E-state index is 12.6. The molecule has 1 aromatic carbocycles. The lowest BCUT2D eigenvalue weighted by atomic mass is 10.0. The summed E-state index contributed by atoms with van der Waals surface area (Å²) in [5.41, 5.74) is 1.76. The van der Waals surface area contributed by atoms with Crippen LogP contribution in [-0.4, -0.2) is 54.1 Å². The van der Waals surface area contributed by atoms with Crippen molar-refractivity contribution >= 4 is 28.3 Å². The van der Waals surface area contributed by atoms with Crippen LogP contribution in [0.25, 0.3) is 0 Å². The molecule has 0 radical (unpaired) electrons. The van der Waals surface area contributed by atoms with E-state index in [0.717, 1.165) is 30.9 Å². The van der Waals surface area contributed by atoms with Crippen molar-refractivity contribution < 1.29 is 19.1 Å². The molecule has 1 aliphatic rings. The van der Waals surface area contributed by atoms with Gasteiger partial charge in [0.25, 0.3) is 0 Å². The van der Waals surface area contributed by atoms with Crippen molar-refractivity contribution in [2.75, 3.05) is 25.5 Å². The summed E-state index contributed by atoms with van der Waals surface area (Å²) in [7, 11) is 1.59. The van der Waals surface area contributed by atoms with Gasteiger partial charge in [-0.1, -0.05) is 12.1 Å². The summed E-state index contributed by atoms with van der Waals surface area (Å²) in [6, 6.07) is 6.88. The highest BCUT2D eigenvalue weighted by Gasteiger charge is 2.23. The smallest absolute Gasteiger partial charge is 0.228 e. The summed E-state index contributed by atoms with van der Waals surface area (Å²) in [6.45, 7) is 8.04. The normalized spacial score (nSPS) is 20.1. The van der Waals surface area contributed by atoms with Crippen molar-refractivity contribution in [3.05, 3.63) is 40.9 Å². The van der Waals surface area contributed by atoms with Crippen LogP contribution in [0.4, 0.5) is 5.13 Å². The first kappa shape index (κ1) is 23.2. The van der Waals surface area contributed by atoms with Crippen molar-refractivity contribution in [2.24, 2.45) is 0 Å². The molecule has 1 aromatic heterocycles. The van der Waals surface area contributed by atoms with Gasteiger partial charge < -0.3 is 20.1 Å². The van der Waals surface area contributed by atoms with Crippen LogP contribution < -0.4 is 15.4 Å². The molecule has 2 N–H and O–H groups in total. The molecule has 1 aliphatic heterocycles. The van der Waals surface area contributed by atoms with E-state index >= 15 is 0 Å². The van der Waals surface area contributed by atoms with Crippen molar-refractivity contribution in [1.29, 1.82) is 0 Å². The molecule has 3 atom stereocenters. The minimum absolute atomic E-state index is 0.110. The van der Waals surface area contributed by atoms with Gasteiger partial charge in [0.15, 0.2) is 5.13 Å². The van der Waals surface area contributed by atoms with E-state index < -0.39 is 6.04 Å². The van der Waals surface area contributed by atoms with E-state index in [1.165, 1.54) is 18.3 Å². The van der Waals surface area contributed by atoms with Crippen molar-refractivity contribution in [1.82, 2.24) is 15.2 Å². The lowest BCUT2D eigenvalue weighted by molar-refractivity contribution is -0.120. The number of morpholine rings is 1. The third-order valence-corrected chi connectivity index (χ3v) is 5.77. The lowest BCUT2D eigenvalue weighted by Crippen LogP contribution is -2.44. The number of hydrogen-bond acceptors (Lipinski definition) is 7. The van der Waals surface area contributed by atoms with Gasteiger partial charge in [0, 0.05) is 31.9 Å². The van der Waals surface area contributed by atoms with Crippen LogP contribution in [0, 0.1) is 0 Å². The Bertz CT molecular complexity index is 876. The van der Waals surface area contributed by atoms with Crippen LogP contribution in [0.1, 0.15) is 44.5 Å². The summed E-state index contributed by atoms with van der Waals surface area (Å²) >= 11 is 1.40. The molecular formula is C22H30N4O4S. The van der Waals surface area contributed by atoms with Crippen LogP contribution in [0.5, 0.6) is 5.75 Å². The molecule has 3 rings (SSSR count). The van der Waals surface area contributed by atoms with Gasteiger partial charge >= 0.3 is 0 Å². The molecule has 31 heavy (non-hydrogen) atoms. The zero-order chi connectivity index (χ0) is 22.4. The average molecular weight is 447 g/mol. The fourth-order valence-electron chi connectivity index (χ4n) is 3.77. The number of rotatable bonds is 8. The Morgan fingerprint density at radius 2 is 1.94 bits per heavy atom. The summed E-state index contributed by atoms with van der Waals surface area (Å²) < 4.78 is 10.9. The van der Waals surface area contributed by atoms with E-state index in [-0.39, 0.29) is 30.4 Å². The fraction of sp³-hybridized carbons (Fsp3) is 0.500. The third kappa shape index (κ3) is 7.02. The molecule has 0 aliphatic carbocycles. The summed E-state index contributed by atoms with van der Waals surface area (Å²) in [4.78, 5) is 31.2. The molecule has 1 fully saturated rings. The number of ether oxygens (including phenoxy) is 2. The van der Waals surface area contributed by atoms with E-state index in [2.05, 4.69) is 34.4 Å². The van der Waals surface area contributed by atoms with E-state index in [0.29, 0.717) is 10.9 Å². The second-order valence-corrected chi connectivity index (χ2v) is 8.73. The SMILES string of the molecule is COc1ccc([C@H](CC(=O)Nc2nc(CN3C[C@@H](C)O[C@H](C)C3)cs2)NC(C)=O)cc1. The van der Waals surface area contributed by atoms with Gasteiger partial charge in [0.1, 0.15) is 5.75 Å². The molecule has 2 amide bonds. The number of anilines is 1. The maximum Gasteiger partial charge on any atom is 0.228 e. The number of hydrogen-bond donors (Lipinski definition) is 2. The van der Waals surface area contributed by atoms with Crippen LogP contribution in [-0.2, 0) is 20.9 Å². The molecule has 168 valence electrons. The number of nitrogens with zero attached hydrogens (tertiary/aromatic N) is 2. The van der Waals surface area contributed by atoms with Crippen LogP contribution in [0.2, 0.25) is 0 Å². The Kier molecular flexibility index (Phi) is 8.00. The monoisotopic (exact) mass is 446 g/mol. The number of thiazole rings is 1. The highest BCUT2D eigenvalue weighted by molar-refractivity contribution is 7.13. The molecule has 2 heterocycles. The van der Waals surface area contributed by atoms with Crippen LogP contribution in [0.3, 0.4) is 0 Å². The van der Waals surface area contributed by atoms with Crippen LogP contribution in [0.15, 0.2) is 29.6 Å². The first-order valence-corrected chi connectivity index (χ1v) is 11.2. The number of benzene rings is 1. The predicted octanol–water partition coefficient (Wildman–Crippen LogP) is 2.97.